The zero-order valence-corrected chi connectivity index (χ0v) is 9.58. The van der Waals surface area contributed by atoms with Crippen LogP contribution in [0.4, 0.5) is 0 Å². The summed E-state index contributed by atoms with van der Waals surface area (Å²) in [5.41, 5.74) is 2.23. The summed E-state index contributed by atoms with van der Waals surface area (Å²) >= 11 is 0. The fourth-order valence-corrected chi connectivity index (χ4v) is 2.00. The SMILES string of the molecule is O.O.[B]c1ccc(CN2CCCCC2)cc1. The lowest BCUT2D eigenvalue weighted by molar-refractivity contribution is 0.221. The summed E-state index contributed by atoms with van der Waals surface area (Å²) in [6, 6.07) is 8.23. The van der Waals surface area contributed by atoms with Crippen LogP contribution in [0.5, 0.6) is 0 Å². The lowest BCUT2D eigenvalue weighted by Gasteiger charge is -2.26. The molecule has 0 spiro atoms. The standard InChI is InChI=1S/C12H16BN.2H2O/c13-12-6-4-11(5-7-12)10-14-8-2-1-3-9-14;;/h4-7H,1-3,8-10H2;2*1H2. The molecule has 1 aromatic carbocycles. The summed E-state index contributed by atoms with van der Waals surface area (Å²) < 4.78 is 0. The van der Waals surface area contributed by atoms with Crippen LogP contribution in [-0.4, -0.2) is 36.8 Å². The molecular weight excluding hydrogens is 201 g/mol. The average Bonchev–Trinajstić information content (AvgIpc) is 2.23. The summed E-state index contributed by atoms with van der Waals surface area (Å²) in [7, 11) is 5.65. The molecule has 1 fully saturated rings. The molecule has 0 atom stereocenters. The van der Waals surface area contributed by atoms with E-state index in [1.807, 2.05) is 12.1 Å². The molecule has 0 amide bonds. The Morgan fingerprint density at radius 1 is 0.938 bits per heavy atom. The molecule has 1 aromatic rings. The summed E-state index contributed by atoms with van der Waals surface area (Å²) in [6.45, 7) is 3.59. The van der Waals surface area contributed by atoms with Crippen LogP contribution in [0.15, 0.2) is 24.3 Å². The van der Waals surface area contributed by atoms with Gasteiger partial charge >= 0.3 is 0 Å². The molecule has 1 aliphatic heterocycles. The number of benzene rings is 1. The summed E-state index contributed by atoms with van der Waals surface area (Å²) in [5, 5.41) is 0. The minimum absolute atomic E-state index is 0. The van der Waals surface area contributed by atoms with Crippen LogP contribution in [-0.2, 0) is 6.54 Å². The van der Waals surface area contributed by atoms with Gasteiger partial charge in [-0.1, -0.05) is 36.1 Å². The first-order chi connectivity index (χ1) is 6.84. The molecule has 2 radical (unpaired) electrons. The molecule has 3 nitrogen and oxygen atoms in total. The number of piperidine rings is 1. The molecular formula is C12H20BNO2. The third-order valence-electron chi connectivity index (χ3n) is 2.83. The van der Waals surface area contributed by atoms with Crippen molar-refractivity contribution in [3.05, 3.63) is 29.8 Å². The maximum atomic E-state index is 5.65. The van der Waals surface area contributed by atoms with E-state index in [0.717, 1.165) is 12.0 Å². The van der Waals surface area contributed by atoms with Gasteiger partial charge in [-0.3, -0.25) is 4.90 Å². The number of hydrogen-bond donors (Lipinski definition) is 0. The fourth-order valence-electron chi connectivity index (χ4n) is 2.00. The highest BCUT2D eigenvalue weighted by Gasteiger charge is 2.09. The van der Waals surface area contributed by atoms with Gasteiger partial charge in [-0.25, -0.2) is 0 Å². The third kappa shape index (κ3) is 4.35. The van der Waals surface area contributed by atoms with Gasteiger partial charge in [0.1, 0.15) is 7.85 Å². The van der Waals surface area contributed by atoms with E-state index in [-0.39, 0.29) is 11.0 Å². The monoisotopic (exact) mass is 221 g/mol. The Kier molecular flexibility index (Phi) is 7.05. The molecule has 1 saturated heterocycles. The van der Waals surface area contributed by atoms with Gasteiger partial charge < -0.3 is 11.0 Å². The number of nitrogens with zero attached hydrogens (tertiary/aromatic N) is 1. The van der Waals surface area contributed by atoms with Crippen LogP contribution in [0.25, 0.3) is 0 Å². The lowest BCUT2D eigenvalue weighted by Crippen LogP contribution is -2.29. The van der Waals surface area contributed by atoms with E-state index >= 15 is 0 Å². The molecule has 0 aromatic heterocycles. The fraction of sp³-hybridized carbons (Fsp3) is 0.500. The molecule has 2 rings (SSSR count). The van der Waals surface area contributed by atoms with Crippen LogP contribution in [0, 0.1) is 0 Å². The van der Waals surface area contributed by atoms with E-state index in [9.17, 15) is 0 Å². The van der Waals surface area contributed by atoms with Crippen LogP contribution < -0.4 is 5.46 Å². The quantitative estimate of drug-likeness (QED) is 0.638. The molecule has 1 heterocycles. The van der Waals surface area contributed by atoms with Crippen molar-refractivity contribution in [2.75, 3.05) is 13.1 Å². The third-order valence-corrected chi connectivity index (χ3v) is 2.83. The van der Waals surface area contributed by atoms with Crippen molar-refractivity contribution in [2.45, 2.75) is 25.8 Å². The number of hydrogen-bond acceptors (Lipinski definition) is 1. The summed E-state index contributed by atoms with van der Waals surface area (Å²) in [4.78, 5) is 2.52. The molecule has 0 aliphatic carbocycles. The molecule has 0 bridgehead atoms. The van der Waals surface area contributed by atoms with Crippen molar-refractivity contribution >= 4 is 13.3 Å². The maximum Gasteiger partial charge on any atom is 0.113 e. The van der Waals surface area contributed by atoms with Crippen LogP contribution >= 0.6 is 0 Å². The molecule has 0 unspecified atom stereocenters. The Labute approximate surface area is 98.5 Å². The van der Waals surface area contributed by atoms with E-state index in [0.29, 0.717) is 0 Å². The van der Waals surface area contributed by atoms with Gasteiger partial charge in [0.05, 0.1) is 0 Å². The summed E-state index contributed by atoms with van der Waals surface area (Å²) in [5.74, 6) is 0. The van der Waals surface area contributed by atoms with Gasteiger partial charge in [0.2, 0.25) is 0 Å². The van der Waals surface area contributed by atoms with Crippen molar-refractivity contribution < 1.29 is 11.0 Å². The molecule has 16 heavy (non-hydrogen) atoms. The van der Waals surface area contributed by atoms with Gasteiger partial charge in [-0.15, -0.1) is 0 Å². The predicted molar refractivity (Wildman–Crippen MR) is 68.2 cm³/mol. The van der Waals surface area contributed by atoms with Gasteiger partial charge in [-0.05, 0) is 31.5 Å². The van der Waals surface area contributed by atoms with Crippen molar-refractivity contribution in [3.63, 3.8) is 0 Å². The number of rotatable bonds is 2. The predicted octanol–water partition coefficient (Wildman–Crippen LogP) is -0.183. The second-order valence-electron chi connectivity index (χ2n) is 4.08. The first-order valence-corrected chi connectivity index (χ1v) is 5.41. The van der Waals surface area contributed by atoms with Crippen LogP contribution in [0.1, 0.15) is 24.8 Å². The minimum Gasteiger partial charge on any atom is -0.412 e. The zero-order valence-electron chi connectivity index (χ0n) is 9.58. The van der Waals surface area contributed by atoms with Crippen LogP contribution in [0.3, 0.4) is 0 Å². The Balaban J connectivity index is 0.00000112. The van der Waals surface area contributed by atoms with Crippen molar-refractivity contribution in [1.82, 2.24) is 4.90 Å². The van der Waals surface area contributed by atoms with Gasteiger partial charge in [0, 0.05) is 6.54 Å². The van der Waals surface area contributed by atoms with Gasteiger partial charge in [0.25, 0.3) is 0 Å². The molecule has 1 aliphatic rings. The Morgan fingerprint density at radius 2 is 1.50 bits per heavy atom. The number of likely N-dealkylation sites (tertiary alicyclic amines) is 1. The molecule has 4 heteroatoms. The molecule has 4 N–H and O–H groups in total. The Hall–Kier alpha value is -0.835. The Morgan fingerprint density at radius 3 is 2.06 bits per heavy atom. The highest BCUT2D eigenvalue weighted by Crippen LogP contribution is 2.11. The van der Waals surface area contributed by atoms with Crippen molar-refractivity contribution in [1.29, 1.82) is 0 Å². The molecule has 0 saturated carbocycles. The maximum absolute atomic E-state index is 5.65. The van der Waals surface area contributed by atoms with Crippen molar-refractivity contribution in [3.8, 4) is 0 Å². The van der Waals surface area contributed by atoms with Gasteiger partial charge in [0.15, 0.2) is 0 Å². The minimum atomic E-state index is 0. The lowest BCUT2D eigenvalue weighted by atomic mass is 9.95. The second kappa shape index (κ2) is 7.44. The zero-order chi connectivity index (χ0) is 9.80. The van der Waals surface area contributed by atoms with E-state index in [1.165, 1.54) is 37.9 Å². The van der Waals surface area contributed by atoms with E-state index < -0.39 is 0 Å². The van der Waals surface area contributed by atoms with Crippen molar-refractivity contribution in [2.24, 2.45) is 0 Å². The highest BCUT2D eigenvalue weighted by atomic mass is 16.0. The largest absolute Gasteiger partial charge is 0.412 e. The van der Waals surface area contributed by atoms with Crippen LogP contribution in [0.2, 0.25) is 0 Å². The average molecular weight is 221 g/mol. The second-order valence-corrected chi connectivity index (χ2v) is 4.08. The normalized spacial score (nSPS) is 16.0. The summed E-state index contributed by atoms with van der Waals surface area (Å²) in [6.07, 6.45) is 4.11. The van der Waals surface area contributed by atoms with E-state index in [4.69, 9.17) is 7.85 Å². The smallest absolute Gasteiger partial charge is 0.113 e. The Bertz CT molecular complexity index is 284. The molecule has 88 valence electrons. The highest BCUT2D eigenvalue weighted by molar-refractivity contribution is 6.32. The van der Waals surface area contributed by atoms with E-state index in [2.05, 4.69) is 17.0 Å². The first-order valence-electron chi connectivity index (χ1n) is 5.41. The van der Waals surface area contributed by atoms with Gasteiger partial charge in [-0.2, -0.15) is 0 Å². The first kappa shape index (κ1) is 15.2. The van der Waals surface area contributed by atoms with E-state index in [1.54, 1.807) is 0 Å². The topological polar surface area (TPSA) is 66.2 Å².